The van der Waals surface area contributed by atoms with Crippen molar-refractivity contribution < 1.29 is 18.7 Å². The minimum atomic E-state index is -0.701. The van der Waals surface area contributed by atoms with Crippen molar-refractivity contribution in [2.24, 2.45) is 0 Å². The van der Waals surface area contributed by atoms with Crippen LogP contribution < -0.4 is 14.8 Å². The Morgan fingerprint density at radius 2 is 2.09 bits per heavy atom. The van der Waals surface area contributed by atoms with Crippen molar-refractivity contribution in [1.29, 1.82) is 0 Å². The van der Waals surface area contributed by atoms with Crippen molar-refractivity contribution in [2.45, 2.75) is 12.6 Å². The number of benzene rings is 1. The molecule has 0 saturated carbocycles. The van der Waals surface area contributed by atoms with Gasteiger partial charge in [-0.1, -0.05) is 12.1 Å². The third-order valence-corrected chi connectivity index (χ3v) is 3.42. The molecule has 116 valence electrons. The van der Waals surface area contributed by atoms with Crippen LogP contribution in [-0.2, 0) is 11.3 Å². The zero-order valence-corrected chi connectivity index (χ0v) is 12.1. The van der Waals surface area contributed by atoms with Crippen LogP contribution in [0.15, 0.2) is 47.0 Å². The lowest BCUT2D eigenvalue weighted by Crippen LogP contribution is -2.43. The van der Waals surface area contributed by atoms with E-state index in [1.165, 1.54) is 0 Å². The van der Waals surface area contributed by atoms with Crippen molar-refractivity contribution in [2.75, 3.05) is 6.61 Å². The Labute approximate surface area is 131 Å². The van der Waals surface area contributed by atoms with Gasteiger partial charge in [-0.25, -0.2) is 4.98 Å². The summed E-state index contributed by atoms with van der Waals surface area (Å²) in [5.41, 5.74) is 1.10. The summed E-state index contributed by atoms with van der Waals surface area (Å²) in [5, 5.41) is 2.73. The maximum atomic E-state index is 12.2. The third-order valence-electron chi connectivity index (χ3n) is 3.42. The zero-order chi connectivity index (χ0) is 15.6. The fourth-order valence-corrected chi connectivity index (χ4v) is 2.31. The first-order valence-corrected chi connectivity index (χ1v) is 7.16. The maximum absolute atomic E-state index is 12.2. The molecule has 23 heavy (non-hydrogen) atoms. The second-order valence-corrected chi connectivity index (χ2v) is 5.01. The van der Waals surface area contributed by atoms with Crippen molar-refractivity contribution in [3.05, 3.63) is 48.5 Å². The lowest BCUT2D eigenvalue weighted by molar-refractivity contribution is -0.130. The molecule has 1 amide bonds. The predicted molar refractivity (Wildman–Crippen MR) is 80.0 cm³/mol. The van der Waals surface area contributed by atoms with Gasteiger partial charge in [0.2, 0.25) is 12.0 Å². The monoisotopic (exact) mass is 311 g/mol. The Morgan fingerprint density at radius 3 is 2.96 bits per heavy atom. The zero-order valence-electron chi connectivity index (χ0n) is 12.1. The topological polar surface area (TPSA) is 86.5 Å². The van der Waals surface area contributed by atoms with E-state index < -0.39 is 6.10 Å². The van der Waals surface area contributed by atoms with Crippen LogP contribution in [0.4, 0.5) is 0 Å². The van der Waals surface area contributed by atoms with Crippen molar-refractivity contribution in [1.82, 2.24) is 15.3 Å². The molecule has 3 aromatic rings. The number of hydrogen-bond donors (Lipinski definition) is 1. The summed E-state index contributed by atoms with van der Waals surface area (Å²) in [6.07, 6.45) is 0.935. The first-order chi connectivity index (χ1) is 11.3. The second-order valence-electron chi connectivity index (χ2n) is 5.01. The normalized spacial score (nSPS) is 16.3. The van der Waals surface area contributed by atoms with Gasteiger partial charge in [-0.05, 0) is 24.3 Å². The van der Waals surface area contributed by atoms with Gasteiger partial charge in [0.05, 0.1) is 6.54 Å². The largest absolute Gasteiger partial charge is 0.485 e. The van der Waals surface area contributed by atoms with E-state index in [0.717, 1.165) is 0 Å². The molecule has 7 heteroatoms. The van der Waals surface area contributed by atoms with Crippen LogP contribution in [0.5, 0.6) is 11.5 Å². The summed E-state index contributed by atoms with van der Waals surface area (Å²) in [6, 6.07) is 10.8. The van der Waals surface area contributed by atoms with Crippen LogP contribution in [0.2, 0.25) is 0 Å². The number of rotatable bonds is 3. The van der Waals surface area contributed by atoms with Crippen LogP contribution in [0, 0.1) is 0 Å². The van der Waals surface area contributed by atoms with Crippen molar-refractivity contribution in [3.8, 4) is 11.5 Å². The van der Waals surface area contributed by atoms with E-state index in [2.05, 4.69) is 15.3 Å². The molecular formula is C16H13N3O4. The van der Waals surface area contributed by atoms with Gasteiger partial charge in [-0.2, -0.15) is 4.98 Å². The summed E-state index contributed by atoms with van der Waals surface area (Å²) in [7, 11) is 0. The smallest absolute Gasteiger partial charge is 0.265 e. The molecule has 1 N–H and O–H groups in total. The molecule has 1 aromatic carbocycles. The second kappa shape index (κ2) is 5.60. The summed E-state index contributed by atoms with van der Waals surface area (Å²) >= 11 is 0. The molecule has 3 heterocycles. The minimum absolute atomic E-state index is 0.163. The quantitative estimate of drug-likeness (QED) is 0.792. The highest BCUT2D eigenvalue weighted by Gasteiger charge is 2.27. The first-order valence-electron chi connectivity index (χ1n) is 7.16. The molecule has 2 aromatic heterocycles. The SMILES string of the molecule is O=C(NCc1nc2ncccc2o1)C1COc2ccccc2O1. The number of hydrogen-bond acceptors (Lipinski definition) is 6. The van der Waals surface area contributed by atoms with Crippen LogP contribution in [0.1, 0.15) is 5.89 Å². The summed E-state index contributed by atoms with van der Waals surface area (Å²) < 4.78 is 16.7. The summed E-state index contributed by atoms with van der Waals surface area (Å²) in [4.78, 5) is 20.5. The highest BCUT2D eigenvalue weighted by Crippen LogP contribution is 2.30. The lowest BCUT2D eigenvalue weighted by Gasteiger charge is -2.25. The standard InChI is InChI=1S/C16H13N3O4/c20-16(13-9-21-10-4-1-2-5-11(10)22-13)18-8-14-19-15-12(23-14)6-3-7-17-15/h1-7,13H,8-9H2,(H,18,20). The van der Waals surface area contributed by atoms with Gasteiger partial charge >= 0.3 is 0 Å². The molecule has 0 radical (unpaired) electrons. The molecule has 1 unspecified atom stereocenters. The molecule has 4 rings (SSSR count). The molecule has 1 atom stereocenters. The van der Waals surface area contributed by atoms with E-state index in [-0.39, 0.29) is 19.1 Å². The Kier molecular flexibility index (Phi) is 3.30. The van der Waals surface area contributed by atoms with E-state index in [9.17, 15) is 4.79 Å². The maximum Gasteiger partial charge on any atom is 0.265 e. The number of ether oxygens (including phenoxy) is 2. The van der Waals surface area contributed by atoms with Gasteiger partial charge in [0, 0.05) is 6.20 Å². The number of carbonyl (C=O) groups excluding carboxylic acids is 1. The molecule has 0 aliphatic carbocycles. The number of pyridine rings is 1. The summed E-state index contributed by atoms with van der Waals surface area (Å²) in [6.45, 7) is 0.328. The minimum Gasteiger partial charge on any atom is -0.485 e. The van der Waals surface area contributed by atoms with E-state index in [0.29, 0.717) is 28.6 Å². The number of fused-ring (bicyclic) bond motifs is 2. The Morgan fingerprint density at radius 1 is 1.22 bits per heavy atom. The number of amides is 1. The molecule has 0 saturated heterocycles. The van der Waals surface area contributed by atoms with Crippen molar-refractivity contribution >= 4 is 17.1 Å². The molecule has 0 fully saturated rings. The average molecular weight is 311 g/mol. The first kappa shape index (κ1) is 13.6. The van der Waals surface area contributed by atoms with E-state index in [1.54, 1.807) is 30.5 Å². The van der Waals surface area contributed by atoms with Crippen LogP contribution in [0.3, 0.4) is 0 Å². The van der Waals surface area contributed by atoms with Gasteiger partial charge in [-0.15, -0.1) is 0 Å². The molecule has 1 aliphatic rings. The Bertz CT molecular complexity index is 828. The van der Waals surface area contributed by atoms with Crippen LogP contribution in [0.25, 0.3) is 11.2 Å². The van der Waals surface area contributed by atoms with Gasteiger partial charge in [0.15, 0.2) is 22.7 Å². The van der Waals surface area contributed by atoms with Gasteiger partial charge in [-0.3, -0.25) is 4.79 Å². The van der Waals surface area contributed by atoms with Crippen LogP contribution in [-0.4, -0.2) is 28.6 Å². The van der Waals surface area contributed by atoms with Gasteiger partial charge < -0.3 is 19.2 Å². The fourth-order valence-electron chi connectivity index (χ4n) is 2.31. The Hall–Kier alpha value is -3.09. The molecule has 0 bridgehead atoms. The lowest BCUT2D eigenvalue weighted by atomic mass is 10.2. The third kappa shape index (κ3) is 2.68. The number of aromatic nitrogens is 2. The number of oxazole rings is 1. The average Bonchev–Trinajstić information content (AvgIpc) is 3.02. The number of nitrogens with one attached hydrogen (secondary N) is 1. The predicted octanol–water partition coefficient (Wildman–Crippen LogP) is 1.68. The Balaban J connectivity index is 1.40. The van der Waals surface area contributed by atoms with E-state index >= 15 is 0 Å². The van der Waals surface area contributed by atoms with Crippen molar-refractivity contribution in [3.63, 3.8) is 0 Å². The van der Waals surface area contributed by atoms with E-state index in [4.69, 9.17) is 13.9 Å². The summed E-state index contributed by atoms with van der Waals surface area (Å²) in [5.74, 6) is 1.31. The molecule has 7 nitrogen and oxygen atoms in total. The van der Waals surface area contributed by atoms with E-state index in [1.807, 2.05) is 12.1 Å². The number of nitrogens with zero attached hydrogens (tertiary/aromatic N) is 2. The highest BCUT2D eigenvalue weighted by molar-refractivity contribution is 5.81. The molecule has 1 aliphatic heterocycles. The van der Waals surface area contributed by atoms with Crippen LogP contribution >= 0.6 is 0 Å². The number of carbonyl (C=O) groups is 1. The highest BCUT2D eigenvalue weighted by atomic mass is 16.6. The molecular weight excluding hydrogens is 298 g/mol. The number of para-hydroxylation sites is 2. The fraction of sp³-hybridized carbons (Fsp3) is 0.188. The van der Waals surface area contributed by atoms with Gasteiger partial charge in [0.1, 0.15) is 6.61 Å². The molecule has 0 spiro atoms. The van der Waals surface area contributed by atoms with Gasteiger partial charge in [0.25, 0.3) is 5.91 Å².